The van der Waals surface area contributed by atoms with E-state index in [9.17, 15) is 4.79 Å². The molecule has 1 amide bonds. The Hall–Kier alpha value is -0.220. The van der Waals surface area contributed by atoms with Gasteiger partial charge in [0.15, 0.2) is 5.96 Å². The highest BCUT2D eigenvalue weighted by Crippen LogP contribution is 1.98. The number of ether oxygens (including phenoxy) is 1. The van der Waals surface area contributed by atoms with Crippen LogP contribution in [-0.4, -0.2) is 62.8 Å². The molecule has 0 radical (unpaired) electrons. The number of methoxy groups -OCH3 is 1. The Kier molecular flexibility index (Phi) is 16.7. The van der Waals surface area contributed by atoms with Crippen LogP contribution >= 0.6 is 35.7 Å². The molecule has 8 heteroatoms. The largest absolute Gasteiger partial charge is 0.383 e. The molecule has 3 N–H and O–H groups in total. The van der Waals surface area contributed by atoms with Gasteiger partial charge in [-0.2, -0.15) is 11.8 Å². The highest BCUT2D eigenvalue weighted by Gasteiger charge is 2.13. The predicted molar refractivity (Wildman–Crippen MR) is 111 cm³/mol. The van der Waals surface area contributed by atoms with Crippen molar-refractivity contribution in [1.82, 2.24) is 16.0 Å². The third-order valence-corrected chi connectivity index (χ3v) is 3.23. The van der Waals surface area contributed by atoms with Gasteiger partial charge in [0.25, 0.3) is 0 Å². The number of halogens is 1. The zero-order valence-corrected chi connectivity index (χ0v) is 18.2. The van der Waals surface area contributed by atoms with Crippen LogP contribution in [0.4, 0.5) is 0 Å². The van der Waals surface area contributed by atoms with Crippen LogP contribution in [0.3, 0.4) is 0 Å². The van der Waals surface area contributed by atoms with Crippen molar-refractivity contribution in [1.29, 1.82) is 0 Å². The summed E-state index contributed by atoms with van der Waals surface area (Å²) < 4.78 is 5.02. The fourth-order valence-corrected chi connectivity index (χ4v) is 2.04. The third-order valence-electron chi connectivity index (χ3n) is 2.53. The van der Waals surface area contributed by atoms with Crippen LogP contribution in [0, 0.1) is 0 Å². The minimum absolute atomic E-state index is 0. The average Bonchev–Trinajstić information content (AvgIpc) is 2.41. The molecular weight excluding hydrogens is 427 g/mol. The summed E-state index contributed by atoms with van der Waals surface area (Å²) in [4.78, 5) is 16.3. The molecular formula is C15H33IN4O2S. The highest BCUT2D eigenvalue weighted by molar-refractivity contribution is 14.0. The van der Waals surface area contributed by atoms with Crippen molar-refractivity contribution >= 4 is 47.6 Å². The molecule has 0 atom stereocenters. The number of hydrogen-bond donors (Lipinski definition) is 3. The number of carbonyl (C=O) groups excluding carboxylic acids is 1. The van der Waals surface area contributed by atoms with Gasteiger partial charge in [-0.3, -0.25) is 9.79 Å². The number of guanidine groups is 1. The Morgan fingerprint density at radius 3 is 2.43 bits per heavy atom. The Balaban J connectivity index is 0. The lowest BCUT2D eigenvalue weighted by molar-refractivity contribution is -0.122. The van der Waals surface area contributed by atoms with E-state index in [1.54, 1.807) is 7.11 Å². The van der Waals surface area contributed by atoms with Crippen molar-refractivity contribution in [2.75, 3.05) is 45.4 Å². The summed E-state index contributed by atoms with van der Waals surface area (Å²) in [7, 11) is 1.67. The van der Waals surface area contributed by atoms with Crippen LogP contribution in [-0.2, 0) is 9.53 Å². The van der Waals surface area contributed by atoms with Crippen LogP contribution in [0.25, 0.3) is 0 Å². The molecule has 6 nitrogen and oxygen atoms in total. The quantitative estimate of drug-likeness (QED) is 0.201. The number of hydrogen-bond acceptors (Lipinski definition) is 4. The first-order chi connectivity index (χ1) is 10.4. The molecule has 23 heavy (non-hydrogen) atoms. The molecule has 0 spiro atoms. The van der Waals surface area contributed by atoms with Crippen molar-refractivity contribution in [2.24, 2.45) is 4.99 Å². The Morgan fingerprint density at radius 2 is 1.87 bits per heavy atom. The molecule has 0 aliphatic carbocycles. The van der Waals surface area contributed by atoms with Gasteiger partial charge in [0.2, 0.25) is 5.91 Å². The summed E-state index contributed by atoms with van der Waals surface area (Å²) in [6, 6.07) is 0. The zero-order chi connectivity index (χ0) is 16.8. The average molecular weight is 460 g/mol. The summed E-state index contributed by atoms with van der Waals surface area (Å²) in [6.45, 7) is 8.57. The molecule has 0 saturated heterocycles. The zero-order valence-electron chi connectivity index (χ0n) is 15.0. The van der Waals surface area contributed by atoms with Gasteiger partial charge in [0, 0.05) is 38.7 Å². The summed E-state index contributed by atoms with van der Waals surface area (Å²) in [5.74, 6) is 1.88. The van der Waals surface area contributed by atoms with Crippen molar-refractivity contribution in [3.8, 4) is 0 Å². The standard InChI is InChI=1S/C15H32N4O2S.HI/c1-15(2,3)19-13(20)7-9-17-14(18-10-11-21-4)16-8-6-12-22-5;/h6-12H2,1-5H3,(H,19,20)(H2,16,17,18);1H. The molecule has 0 aliphatic heterocycles. The number of carbonyl (C=O) groups is 1. The smallest absolute Gasteiger partial charge is 0.222 e. The molecule has 0 aromatic heterocycles. The lowest BCUT2D eigenvalue weighted by Gasteiger charge is -2.20. The van der Waals surface area contributed by atoms with Gasteiger partial charge in [0.1, 0.15) is 0 Å². The van der Waals surface area contributed by atoms with Crippen molar-refractivity contribution in [2.45, 2.75) is 39.2 Å². The molecule has 138 valence electrons. The second-order valence-electron chi connectivity index (χ2n) is 5.97. The van der Waals surface area contributed by atoms with Crippen LogP contribution in [0.5, 0.6) is 0 Å². The van der Waals surface area contributed by atoms with Crippen molar-refractivity contribution < 1.29 is 9.53 Å². The lowest BCUT2D eigenvalue weighted by Crippen LogP contribution is -2.44. The monoisotopic (exact) mass is 460 g/mol. The first-order valence-electron chi connectivity index (χ1n) is 7.70. The molecule has 0 aromatic carbocycles. The minimum atomic E-state index is -0.192. The SMILES string of the molecule is COCCNC(=NCCCSC)NCCC(=O)NC(C)(C)C.I. The van der Waals surface area contributed by atoms with Crippen LogP contribution in [0.1, 0.15) is 33.6 Å². The molecule has 0 rings (SSSR count). The van der Waals surface area contributed by atoms with E-state index >= 15 is 0 Å². The summed E-state index contributed by atoms with van der Waals surface area (Å²) in [5, 5.41) is 9.33. The van der Waals surface area contributed by atoms with Gasteiger partial charge in [-0.25, -0.2) is 0 Å². The molecule has 0 fully saturated rings. The van der Waals surface area contributed by atoms with E-state index in [1.807, 2.05) is 32.5 Å². The summed E-state index contributed by atoms with van der Waals surface area (Å²) >= 11 is 1.82. The lowest BCUT2D eigenvalue weighted by atomic mass is 10.1. The summed E-state index contributed by atoms with van der Waals surface area (Å²) in [6.07, 6.45) is 3.56. The fraction of sp³-hybridized carbons (Fsp3) is 0.867. The van der Waals surface area contributed by atoms with E-state index in [-0.39, 0.29) is 35.4 Å². The Bertz CT molecular complexity index is 336. The van der Waals surface area contributed by atoms with Gasteiger partial charge in [-0.05, 0) is 39.2 Å². The van der Waals surface area contributed by atoms with Crippen molar-refractivity contribution in [3.63, 3.8) is 0 Å². The van der Waals surface area contributed by atoms with Crippen LogP contribution in [0.2, 0.25) is 0 Å². The maximum absolute atomic E-state index is 11.8. The molecule has 0 saturated carbocycles. The molecule has 0 aliphatic rings. The normalized spacial score (nSPS) is 11.6. The van der Waals surface area contributed by atoms with E-state index in [0.717, 1.165) is 24.7 Å². The number of nitrogens with zero attached hydrogens (tertiary/aromatic N) is 1. The number of aliphatic imine (C=N–C) groups is 1. The van der Waals surface area contributed by atoms with Gasteiger partial charge < -0.3 is 20.7 Å². The molecule has 0 unspecified atom stereocenters. The van der Waals surface area contributed by atoms with E-state index < -0.39 is 0 Å². The van der Waals surface area contributed by atoms with Gasteiger partial charge in [0.05, 0.1) is 6.61 Å². The maximum atomic E-state index is 11.8. The number of rotatable bonds is 10. The van der Waals surface area contributed by atoms with E-state index in [2.05, 4.69) is 27.2 Å². The van der Waals surface area contributed by atoms with Gasteiger partial charge in [-0.1, -0.05) is 0 Å². The van der Waals surface area contributed by atoms with E-state index in [1.165, 1.54) is 0 Å². The first-order valence-corrected chi connectivity index (χ1v) is 9.09. The minimum Gasteiger partial charge on any atom is -0.383 e. The molecule has 0 bridgehead atoms. The van der Waals surface area contributed by atoms with Crippen LogP contribution in [0.15, 0.2) is 4.99 Å². The second kappa shape index (κ2) is 15.3. The van der Waals surface area contributed by atoms with Crippen molar-refractivity contribution in [3.05, 3.63) is 0 Å². The Morgan fingerprint density at radius 1 is 1.22 bits per heavy atom. The van der Waals surface area contributed by atoms with Gasteiger partial charge >= 0.3 is 0 Å². The number of amides is 1. The molecule has 0 heterocycles. The topological polar surface area (TPSA) is 74.8 Å². The first kappa shape index (κ1) is 25.0. The number of nitrogens with one attached hydrogen (secondary N) is 3. The predicted octanol–water partition coefficient (Wildman–Crippen LogP) is 1.84. The Labute approximate surface area is 162 Å². The highest BCUT2D eigenvalue weighted by atomic mass is 127. The van der Waals surface area contributed by atoms with Crippen LogP contribution < -0.4 is 16.0 Å². The summed E-state index contributed by atoms with van der Waals surface area (Å²) in [5.41, 5.74) is -0.192. The van der Waals surface area contributed by atoms with E-state index in [0.29, 0.717) is 26.1 Å². The number of thioether (sulfide) groups is 1. The maximum Gasteiger partial charge on any atom is 0.222 e. The fourth-order valence-electron chi connectivity index (χ4n) is 1.62. The third kappa shape index (κ3) is 18.0. The van der Waals surface area contributed by atoms with Gasteiger partial charge in [-0.15, -0.1) is 24.0 Å². The molecule has 0 aromatic rings. The van der Waals surface area contributed by atoms with E-state index in [4.69, 9.17) is 4.74 Å². The second-order valence-corrected chi connectivity index (χ2v) is 6.96.